The van der Waals surface area contributed by atoms with Crippen LogP contribution in [0.3, 0.4) is 0 Å². The number of morpholine rings is 1. The summed E-state index contributed by atoms with van der Waals surface area (Å²) in [4.78, 5) is 13.5. The summed E-state index contributed by atoms with van der Waals surface area (Å²) in [6.45, 7) is 2.91. The molecule has 1 unspecified atom stereocenters. The van der Waals surface area contributed by atoms with Gasteiger partial charge in [-0.2, -0.15) is 0 Å². The highest BCUT2D eigenvalue weighted by Crippen LogP contribution is 2.26. The molecule has 1 saturated heterocycles. The zero-order chi connectivity index (χ0) is 13.2. The van der Waals surface area contributed by atoms with Crippen molar-refractivity contribution in [1.29, 1.82) is 0 Å². The zero-order valence-corrected chi connectivity index (χ0v) is 10.4. The summed E-state index contributed by atoms with van der Waals surface area (Å²) < 4.78 is 18.4. The maximum atomic E-state index is 12.9. The minimum Gasteiger partial charge on any atom is -0.364 e. The number of hydrogen-bond donors (Lipinski definition) is 1. The van der Waals surface area contributed by atoms with Gasteiger partial charge in [-0.15, -0.1) is 0 Å². The van der Waals surface area contributed by atoms with E-state index in [0.717, 1.165) is 0 Å². The van der Waals surface area contributed by atoms with Crippen LogP contribution in [0.15, 0.2) is 24.3 Å². The first-order chi connectivity index (χ1) is 8.54. The molecule has 1 atom stereocenters. The molecule has 1 fully saturated rings. The first kappa shape index (κ1) is 13.0. The second-order valence-corrected chi connectivity index (χ2v) is 4.73. The van der Waals surface area contributed by atoms with Crippen LogP contribution in [0.5, 0.6) is 0 Å². The highest BCUT2D eigenvalue weighted by molar-refractivity contribution is 5.95. The van der Waals surface area contributed by atoms with Crippen molar-refractivity contribution in [2.75, 3.05) is 24.6 Å². The molecule has 0 bridgehead atoms. The van der Waals surface area contributed by atoms with Crippen molar-refractivity contribution >= 4 is 11.6 Å². The van der Waals surface area contributed by atoms with Gasteiger partial charge in [0.25, 0.3) is 5.91 Å². The summed E-state index contributed by atoms with van der Waals surface area (Å²) in [7, 11) is 0. The van der Waals surface area contributed by atoms with E-state index < -0.39 is 5.60 Å². The summed E-state index contributed by atoms with van der Waals surface area (Å²) in [6, 6.07) is 5.89. The molecule has 0 aliphatic carbocycles. The first-order valence-electron chi connectivity index (χ1n) is 5.94. The van der Waals surface area contributed by atoms with Crippen LogP contribution in [0, 0.1) is 5.82 Å². The van der Waals surface area contributed by atoms with E-state index in [-0.39, 0.29) is 18.3 Å². The van der Waals surface area contributed by atoms with E-state index >= 15 is 0 Å². The van der Waals surface area contributed by atoms with Crippen LogP contribution in [-0.4, -0.2) is 31.2 Å². The van der Waals surface area contributed by atoms with Crippen molar-refractivity contribution in [3.05, 3.63) is 30.1 Å². The predicted octanol–water partition coefficient (Wildman–Crippen LogP) is 1.30. The Bertz CT molecular complexity index is 435. The van der Waals surface area contributed by atoms with Crippen molar-refractivity contribution in [1.82, 2.24) is 0 Å². The third kappa shape index (κ3) is 2.68. The lowest BCUT2D eigenvalue weighted by molar-refractivity contribution is -0.137. The monoisotopic (exact) mass is 252 g/mol. The molecule has 1 amide bonds. The second-order valence-electron chi connectivity index (χ2n) is 4.73. The van der Waals surface area contributed by atoms with Gasteiger partial charge in [0.05, 0.1) is 12.1 Å². The van der Waals surface area contributed by atoms with Crippen molar-refractivity contribution in [2.45, 2.75) is 18.9 Å². The number of nitrogens with two attached hydrogens (primary N) is 1. The Morgan fingerprint density at radius 2 is 2.11 bits per heavy atom. The molecule has 1 aromatic rings. The molecule has 1 aliphatic rings. The van der Waals surface area contributed by atoms with Gasteiger partial charge >= 0.3 is 0 Å². The van der Waals surface area contributed by atoms with Crippen molar-refractivity contribution in [2.24, 2.45) is 5.73 Å². The highest BCUT2D eigenvalue weighted by atomic mass is 19.1. The molecule has 0 saturated carbocycles. The smallest absolute Gasteiger partial charge is 0.253 e. The number of nitrogens with zero attached hydrogens (tertiary/aromatic N) is 1. The average molecular weight is 252 g/mol. The molecular formula is C13H17FN2O2. The maximum absolute atomic E-state index is 12.9. The molecule has 1 heterocycles. The fourth-order valence-electron chi connectivity index (χ4n) is 2.10. The van der Waals surface area contributed by atoms with Crippen LogP contribution >= 0.6 is 0 Å². The largest absolute Gasteiger partial charge is 0.364 e. The molecule has 5 heteroatoms. The van der Waals surface area contributed by atoms with Gasteiger partial charge in [0, 0.05) is 5.69 Å². The number of amides is 1. The van der Waals surface area contributed by atoms with Crippen LogP contribution in [-0.2, 0) is 9.53 Å². The van der Waals surface area contributed by atoms with E-state index in [0.29, 0.717) is 25.2 Å². The van der Waals surface area contributed by atoms with E-state index in [9.17, 15) is 9.18 Å². The van der Waals surface area contributed by atoms with E-state index in [1.54, 1.807) is 17.0 Å². The normalized spacial score (nSPS) is 24.4. The highest BCUT2D eigenvalue weighted by Gasteiger charge is 2.35. The molecular weight excluding hydrogens is 235 g/mol. The van der Waals surface area contributed by atoms with E-state index in [4.69, 9.17) is 10.5 Å². The molecule has 4 nitrogen and oxygen atoms in total. The predicted molar refractivity (Wildman–Crippen MR) is 66.8 cm³/mol. The van der Waals surface area contributed by atoms with Gasteiger partial charge in [-0.3, -0.25) is 4.79 Å². The Kier molecular flexibility index (Phi) is 3.63. The van der Waals surface area contributed by atoms with Crippen molar-refractivity contribution in [3.8, 4) is 0 Å². The average Bonchev–Trinajstić information content (AvgIpc) is 2.34. The standard InChI is InChI=1S/C13H17FN2O2/c1-13(6-7-15)9-16(12(17)8-18-13)11-4-2-10(14)3-5-11/h2-5H,6-9,15H2,1H3. The summed E-state index contributed by atoms with van der Waals surface area (Å²) in [5.41, 5.74) is 5.80. The number of hydrogen-bond acceptors (Lipinski definition) is 3. The molecule has 2 N–H and O–H groups in total. The summed E-state index contributed by atoms with van der Waals surface area (Å²) in [6.07, 6.45) is 0.679. The molecule has 18 heavy (non-hydrogen) atoms. The third-order valence-corrected chi connectivity index (χ3v) is 3.15. The number of carbonyl (C=O) groups excluding carboxylic acids is 1. The molecule has 0 aromatic heterocycles. The van der Waals surface area contributed by atoms with Gasteiger partial charge < -0.3 is 15.4 Å². The van der Waals surface area contributed by atoms with Gasteiger partial charge in [-0.25, -0.2) is 4.39 Å². The SMILES string of the molecule is CC1(CCN)CN(c2ccc(F)cc2)C(=O)CO1. The topological polar surface area (TPSA) is 55.6 Å². The van der Waals surface area contributed by atoms with Crippen LogP contribution in [0.25, 0.3) is 0 Å². The number of halogens is 1. The van der Waals surface area contributed by atoms with Gasteiger partial charge in [0.2, 0.25) is 0 Å². The van der Waals surface area contributed by atoms with Gasteiger partial charge in [-0.05, 0) is 44.2 Å². The zero-order valence-electron chi connectivity index (χ0n) is 10.4. The lowest BCUT2D eigenvalue weighted by Crippen LogP contribution is -2.54. The number of benzene rings is 1. The van der Waals surface area contributed by atoms with Crippen molar-refractivity contribution < 1.29 is 13.9 Å². The van der Waals surface area contributed by atoms with Gasteiger partial charge in [-0.1, -0.05) is 0 Å². The quantitative estimate of drug-likeness (QED) is 0.882. The lowest BCUT2D eigenvalue weighted by Gasteiger charge is -2.40. The third-order valence-electron chi connectivity index (χ3n) is 3.15. The number of ether oxygens (including phenoxy) is 1. The molecule has 2 rings (SSSR count). The van der Waals surface area contributed by atoms with E-state index in [1.807, 2.05) is 6.92 Å². The first-order valence-corrected chi connectivity index (χ1v) is 5.94. The Balaban J connectivity index is 2.20. The second kappa shape index (κ2) is 5.04. The van der Waals surface area contributed by atoms with E-state index in [2.05, 4.69) is 0 Å². The summed E-state index contributed by atoms with van der Waals surface area (Å²) >= 11 is 0. The maximum Gasteiger partial charge on any atom is 0.253 e. The van der Waals surface area contributed by atoms with Gasteiger partial charge in [0.15, 0.2) is 0 Å². The fourth-order valence-corrected chi connectivity index (χ4v) is 2.10. The number of carbonyl (C=O) groups is 1. The van der Waals surface area contributed by atoms with Crippen molar-refractivity contribution in [3.63, 3.8) is 0 Å². The molecule has 0 spiro atoms. The molecule has 98 valence electrons. The Morgan fingerprint density at radius 3 is 2.72 bits per heavy atom. The Labute approximate surface area is 106 Å². The lowest BCUT2D eigenvalue weighted by atomic mass is 9.99. The Morgan fingerprint density at radius 1 is 1.44 bits per heavy atom. The summed E-state index contributed by atoms with van der Waals surface area (Å²) in [5, 5.41) is 0. The number of anilines is 1. The van der Waals surface area contributed by atoms with Crippen LogP contribution in [0.2, 0.25) is 0 Å². The van der Waals surface area contributed by atoms with Gasteiger partial charge in [0.1, 0.15) is 12.4 Å². The number of rotatable bonds is 3. The minimum atomic E-state index is -0.433. The van der Waals surface area contributed by atoms with Crippen LogP contribution in [0.1, 0.15) is 13.3 Å². The minimum absolute atomic E-state index is 0.0356. The molecule has 1 aliphatic heterocycles. The fraction of sp³-hybridized carbons (Fsp3) is 0.462. The summed E-state index contributed by atoms with van der Waals surface area (Å²) in [5.74, 6) is -0.430. The van der Waals surface area contributed by atoms with Crippen LogP contribution < -0.4 is 10.6 Å². The molecule has 0 radical (unpaired) electrons. The molecule has 1 aromatic carbocycles. The Hall–Kier alpha value is -1.46. The van der Waals surface area contributed by atoms with Crippen LogP contribution in [0.4, 0.5) is 10.1 Å². The van der Waals surface area contributed by atoms with E-state index in [1.165, 1.54) is 12.1 Å².